The highest BCUT2D eigenvalue weighted by Crippen LogP contribution is 2.47. The van der Waals surface area contributed by atoms with Crippen molar-refractivity contribution in [3.63, 3.8) is 0 Å². The van der Waals surface area contributed by atoms with Crippen molar-refractivity contribution in [3.8, 4) is 0 Å². The van der Waals surface area contributed by atoms with Crippen molar-refractivity contribution in [1.82, 2.24) is 5.43 Å². The summed E-state index contributed by atoms with van der Waals surface area (Å²) < 4.78 is 0. The number of non-ortho nitro benzene ring substituents is 1. The van der Waals surface area contributed by atoms with Gasteiger partial charge in [-0.15, -0.1) is 0 Å². The van der Waals surface area contributed by atoms with E-state index < -0.39 is 4.92 Å². The van der Waals surface area contributed by atoms with Crippen molar-refractivity contribution >= 4 is 17.8 Å². The van der Waals surface area contributed by atoms with E-state index in [0.717, 1.165) is 6.42 Å². The third-order valence-corrected chi connectivity index (χ3v) is 4.80. The number of rotatable bonds is 5. The van der Waals surface area contributed by atoms with Gasteiger partial charge in [0.1, 0.15) is 0 Å². The zero-order valence-electron chi connectivity index (χ0n) is 15.7. The van der Waals surface area contributed by atoms with Crippen LogP contribution in [0.2, 0.25) is 0 Å². The number of nitrogens with zero attached hydrogens (tertiary/aromatic N) is 2. The lowest BCUT2D eigenvalue weighted by molar-refractivity contribution is -0.384. The molecule has 0 heterocycles. The van der Waals surface area contributed by atoms with Gasteiger partial charge in [0.15, 0.2) is 0 Å². The Balaban J connectivity index is 1.56. The summed E-state index contributed by atoms with van der Waals surface area (Å²) in [6.07, 6.45) is 2.23. The molecule has 1 N–H and O–H groups in total. The Bertz CT molecular complexity index is 882. The summed E-state index contributed by atoms with van der Waals surface area (Å²) in [5.74, 6) is 0.0290. The molecule has 140 valence electrons. The molecule has 2 atom stereocenters. The Morgan fingerprint density at radius 3 is 2.56 bits per heavy atom. The van der Waals surface area contributed by atoms with Gasteiger partial charge in [-0.1, -0.05) is 57.2 Å². The average Bonchev–Trinajstić information content (AvgIpc) is 3.42. The van der Waals surface area contributed by atoms with Gasteiger partial charge in [-0.3, -0.25) is 14.9 Å². The number of nitro groups is 1. The van der Waals surface area contributed by atoms with Gasteiger partial charge in [-0.05, 0) is 28.9 Å². The van der Waals surface area contributed by atoms with Crippen LogP contribution < -0.4 is 5.43 Å². The first-order valence-electron chi connectivity index (χ1n) is 8.93. The van der Waals surface area contributed by atoms with Crippen molar-refractivity contribution in [2.45, 2.75) is 38.5 Å². The van der Waals surface area contributed by atoms with E-state index in [1.807, 2.05) is 0 Å². The van der Waals surface area contributed by atoms with Crippen LogP contribution in [0.5, 0.6) is 0 Å². The van der Waals surface area contributed by atoms with E-state index >= 15 is 0 Å². The molecule has 0 aromatic heterocycles. The van der Waals surface area contributed by atoms with Crippen LogP contribution in [0.15, 0.2) is 53.6 Å². The molecule has 1 saturated carbocycles. The van der Waals surface area contributed by atoms with Crippen LogP contribution in [0.3, 0.4) is 0 Å². The number of hydrogen-bond donors (Lipinski definition) is 1. The molecule has 1 aliphatic rings. The van der Waals surface area contributed by atoms with Crippen LogP contribution in [0, 0.1) is 16.0 Å². The molecule has 27 heavy (non-hydrogen) atoms. The lowest BCUT2D eigenvalue weighted by Gasteiger charge is -2.19. The highest BCUT2D eigenvalue weighted by atomic mass is 16.6. The first-order valence-corrected chi connectivity index (χ1v) is 8.93. The predicted octanol–water partition coefficient (Wildman–Crippen LogP) is 4.15. The molecule has 0 bridgehead atoms. The Hall–Kier alpha value is -3.02. The first-order chi connectivity index (χ1) is 12.8. The second-order valence-electron chi connectivity index (χ2n) is 7.91. The minimum atomic E-state index is -0.463. The number of carbonyl (C=O) groups is 1. The van der Waals surface area contributed by atoms with E-state index in [0.29, 0.717) is 5.56 Å². The maximum absolute atomic E-state index is 12.2. The third kappa shape index (κ3) is 4.58. The molecule has 1 amide bonds. The first kappa shape index (κ1) is 18.8. The number of hydrogen-bond acceptors (Lipinski definition) is 4. The molecule has 1 fully saturated rings. The van der Waals surface area contributed by atoms with E-state index in [2.05, 4.69) is 55.6 Å². The van der Waals surface area contributed by atoms with Crippen molar-refractivity contribution in [2.24, 2.45) is 11.0 Å². The maximum atomic E-state index is 12.2. The molecule has 2 aromatic rings. The highest BCUT2D eigenvalue weighted by Gasteiger charge is 2.43. The SMILES string of the molecule is CC(C)(C)c1ccc([C@@H]2C[C@H]2C(=O)N/N=C\c2cccc([N+](=O)[O-])c2)cc1. The molecule has 0 saturated heterocycles. The average molecular weight is 365 g/mol. The molecule has 0 spiro atoms. The van der Waals surface area contributed by atoms with E-state index in [9.17, 15) is 14.9 Å². The van der Waals surface area contributed by atoms with Gasteiger partial charge < -0.3 is 0 Å². The zero-order chi connectivity index (χ0) is 19.6. The van der Waals surface area contributed by atoms with Crippen molar-refractivity contribution < 1.29 is 9.72 Å². The van der Waals surface area contributed by atoms with Crippen LogP contribution >= 0.6 is 0 Å². The lowest BCUT2D eigenvalue weighted by Crippen LogP contribution is -2.20. The fourth-order valence-corrected chi connectivity index (χ4v) is 3.06. The summed E-state index contributed by atoms with van der Waals surface area (Å²) in [6, 6.07) is 14.6. The monoisotopic (exact) mass is 365 g/mol. The smallest absolute Gasteiger partial charge is 0.270 e. The predicted molar refractivity (Wildman–Crippen MR) is 105 cm³/mol. The van der Waals surface area contributed by atoms with Gasteiger partial charge in [0.25, 0.3) is 5.69 Å². The Morgan fingerprint density at radius 1 is 1.22 bits per heavy atom. The van der Waals surface area contributed by atoms with Gasteiger partial charge in [0.05, 0.1) is 11.1 Å². The van der Waals surface area contributed by atoms with Crippen LogP contribution in [0.25, 0.3) is 0 Å². The van der Waals surface area contributed by atoms with Gasteiger partial charge in [0.2, 0.25) is 5.91 Å². The van der Waals surface area contributed by atoms with E-state index in [4.69, 9.17) is 0 Å². The second kappa shape index (κ2) is 7.31. The summed E-state index contributed by atoms with van der Waals surface area (Å²) >= 11 is 0. The minimum Gasteiger partial charge on any atom is -0.273 e. The third-order valence-electron chi connectivity index (χ3n) is 4.80. The van der Waals surface area contributed by atoms with Gasteiger partial charge in [0, 0.05) is 23.6 Å². The summed E-state index contributed by atoms with van der Waals surface area (Å²) in [5, 5.41) is 14.7. The molecule has 1 aliphatic carbocycles. The number of nitrogens with one attached hydrogen (secondary N) is 1. The molecule has 0 unspecified atom stereocenters. The number of nitro benzene ring substituents is 1. The molecule has 6 nitrogen and oxygen atoms in total. The Kier molecular flexibility index (Phi) is 5.08. The maximum Gasteiger partial charge on any atom is 0.270 e. The lowest BCUT2D eigenvalue weighted by atomic mass is 9.86. The second-order valence-corrected chi connectivity index (χ2v) is 7.91. The molecular formula is C21H23N3O3. The molecule has 2 aromatic carbocycles. The number of amides is 1. The van der Waals surface area contributed by atoms with E-state index in [1.54, 1.807) is 12.1 Å². The van der Waals surface area contributed by atoms with Gasteiger partial charge in [-0.25, -0.2) is 5.43 Å². The Morgan fingerprint density at radius 2 is 1.93 bits per heavy atom. The molecule has 0 aliphatic heterocycles. The van der Waals surface area contributed by atoms with Crippen molar-refractivity contribution in [3.05, 3.63) is 75.3 Å². The highest BCUT2D eigenvalue weighted by molar-refractivity contribution is 5.85. The van der Waals surface area contributed by atoms with Crippen LogP contribution in [0.4, 0.5) is 5.69 Å². The van der Waals surface area contributed by atoms with Crippen LogP contribution in [0.1, 0.15) is 49.8 Å². The quantitative estimate of drug-likeness (QED) is 0.491. The topological polar surface area (TPSA) is 84.6 Å². The largest absolute Gasteiger partial charge is 0.273 e. The molecule has 6 heteroatoms. The number of hydrazone groups is 1. The van der Waals surface area contributed by atoms with Crippen molar-refractivity contribution in [2.75, 3.05) is 0 Å². The minimum absolute atomic E-state index is 0.00811. The Labute approximate surface area is 158 Å². The van der Waals surface area contributed by atoms with Gasteiger partial charge in [-0.2, -0.15) is 5.10 Å². The van der Waals surface area contributed by atoms with Crippen LogP contribution in [-0.4, -0.2) is 17.0 Å². The van der Waals surface area contributed by atoms with E-state index in [-0.39, 0.29) is 28.8 Å². The van der Waals surface area contributed by atoms with Crippen molar-refractivity contribution in [1.29, 1.82) is 0 Å². The fourth-order valence-electron chi connectivity index (χ4n) is 3.06. The fraction of sp³-hybridized carbons (Fsp3) is 0.333. The summed E-state index contributed by atoms with van der Waals surface area (Å²) in [6.45, 7) is 6.53. The molecular weight excluding hydrogens is 342 g/mol. The summed E-state index contributed by atoms with van der Waals surface area (Å²) in [7, 11) is 0. The number of carbonyl (C=O) groups excluding carboxylic acids is 1. The zero-order valence-corrected chi connectivity index (χ0v) is 15.7. The van der Waals surface area contributed by atoms with Crippen LogP contribution in [-0.2, 0) is 10.2 Å². The summed E-state index contributed by atoms with van der Waals surface area (Å²) in [4.78, 5) is 22.6. The molecule has 3 rings (SSSR count). The number of benzene rings is 2. The standard InChI is InChI=1S/C21H23N3O3/c1-21(2,3)16-9-7-15(8-10-16)18-12-19(18)20(25)23-22-13-14-5-4-6-17(11-14)24(26)27/h4-11,13,18-19H,12H2,1-3H3,(H,23,25)/b22-13-/t18-,19+/m0/s1. The summed E-state index contributed by atoms with van der Waals surface area (Å²) in [5.41, 5.74) is 5.65. The van der Waals surface area contributed by atoms with E-state index in [1.165, 1.54) is 29.5 Å². The normalized spacial score (nSPS) is 19.1. The van der Waals surface area contributed by atoms with Gasteiger partial charge >= 0.3 is 0 Å². The molecule has 0 radical (unpaired) electrons.